The van der Waals surface area contributed by atoms with E-state index in [-0.39, 0.29) is 18.9 Å². The summed E-state index contributed by atoms with van der Waals surface area (Å²) >= 11 is 0. The van der Waals surface area contributed by atoms with Crippen LogP contribution in [0.4, 0.5) is 0 Å². The highest BCUT2D eigenvalue weighted by atomic mass is 16.5. The molecule has 0 aliphatic rings. The minimum Gasteiger partial charge on any atom is -0.497 e. The van der Waals surface area contributed by atoms with Crippen LogP contribution in [-0.4, -0.2) is 33.3 Å². The normalized spacial score (nSPS) is 10.6. The Kier molecular flexibility index (Phi) is 4.50. The van der Waals surface area contributed by atoms with Gasteiger partial charge in [0.2, 0.25) is 23.5 Å². The largest absolute Gasteiger partial charge is 0.497 e. The van der Waals surface area contributed by atoms with E-state index in [9.17, 15) is 4.79 Å². The minimum absolute atomic E-state index is 0.0246. The van der Waals surface area contributed by atoms with Crippen LogP contribution in [0.1, 0.15) is 17.6 Å². The molecule has 24 heavy (non-hydrogen) atoms. The van der Waals surface area contributed by atoms with Gasteiger partial charge in [0.25, 0.3) is 0 Å². The van der Waals surface area contributed by atoms with E-state index in [4.69, 9.17) is 13.8 Å². The second-order valence-electron chi connectivity index (χ2n) is 4.92. The van der Waals surface area contributed by atoms with Crippen molar-refractivity contribution >= 4 is 5.91 Å². The van der Waals surface area contributed by atoms with Gasteiger partial charge in [-0.3, -0.25) is 4.79 Å². The Labute approximate surface area is 137 Å². The van der Waals surface area contributed by atoms with Gasteiger partial charge in [-0.15, -0.1) is 0 Å². The van der Waals surface area contributed by atoms with E-state index in [0.717, 1.165) is 11.3 Å². The molecule has 0 aliphatic heterocycles. The zero-order valence-corrected chi connectivity index (χ0v) is 13.1. The van der Waals surface area contributed by atoms with Crippen molar-refractivity contribution in [2.75, 3.05) is 7.11 Å². The molecule has 3 rings (SSSR count). The lowest BCUT2D eigenvalue weighted by Gasteiger charge is -1.99. The lowest BCUT2D eigenvalue weighted by molar-refractivity contribution is -0.120. The van der Waals surface area contributed by atoms with Gasteiger partial charge >= 0.3 is 0 Å². The van der Waals surface area contributed by atoms with E-state index in [1.807, 2.05) is 12.1 Å². The Morgan fingerprint density at radius 1 is 1.17 bits per heavy atom. The van der Waals surface area contributed by atoms with Gasteiger partial charge in [0.1, 0.15) is 5.75 Å². The molecule has 1 aromatic carbocycles. The van der Waals surface area contributed by atoms with Crippen molar-refractivity contribution in [3.8, 4) is 17.1 Å². The number of hydrogen-bond acceptors (Lipinski definition) is 8. The summed E-state index contributed by atoms with van der Waals surface area (Å²) in [5.74, 6) is 1.97. The molecular weight excluding hydrogens is 314 g/mol. The smallest absolute Gasteiger partial charge is 0.246 e. The first-order valence-electron chi connectivity index (χ1n) is 7.17. The molecule has 0 fully saturated rings. The average molecular weight is 329 g/mol. The number of nitrogens with one attached hydrogen (secondary N) is 1. The standard InChI is InChI=1S/C15H15N5O4/c1-9-17-12(19-23-9)7-13(21)16-8-14-18-15(20-24-14)10-3-5-11(22-2)6-4-10/h3-6H,7-8H2,1-2H3,(H,16,21). The lowest BCUT2D eigenvalue weighted by atomic mass is 10.2. The molecule has 0 radical (unpaired) electrons. The number of aromatic nitrogens is 4. The molecule has 0 spiro atoms. The number of aryl methyl sites for hydroxylation is 1. The van der Waals surface area contributed by atoms with Crippen molar-refractivity contribution in [3.05, 3.63) is 41.9 Å². The molecule has 0 saturated carbocycles. The maximum Gasteiger partial charge on any atom is 0.246 e. The monoisotopic (exact) mass is 329 g/mol. The number of ether oxygens (including phenoxy) is 1. The van der Waals surface area contributed by atoms with Crippen LogP contribution in [0.5, 0.6) is 5.75 Å². The molecule has 124 valence electrons. The van der Waals surface area contributed by atoms with Crippen LogP contribution in [0.3, 0.4) is 0 Å². The summed E-state index contributed by atoms with van der Waals surface area (Å²) in [5.41, 5.74) is 0.791. The summed E-state index contributed by atoms with van der Waals surface area (Å²) in [5, 5.41) is 10.2. The molecule has 1 N–H and O–H groups in total. The van der Waals surface area contributed by atoms with Gasteiger partial charge in [-0.1, -0.05) is 10.3 Å². The van der Waals surface area contributed by atoms with Gasteiger partial charge in [-0.2, -0.15) is 9.97 Å². The topological polar surface area (TPSA) is 116 Å². The molecule has 0 bridgehead atoms. The van der Waals surface area contributed by atoms with E-state index >= 15 is 0 Å². The summed E-state index contributed by atoms with van der Waals surface area (Å²) < 4.78 is 15.0. The Hall–Kier alpha value is -3.23. The summed E-state index contributed by atoms with van der Waals surface area (Å²) in [7, 11) is 1.60. The minimum atomic E-state index is -0.264. The van der Waals surface area contributed by atoms with E-state index < -0.39 is 0 Å². The van der Waals surface area contributed by atoms with Gasteiger partial charge in [0.05, 0.1) is 20.1 Å². The molecule has 0 unspecified atom stereocenters. The van der Waals surface area contributed by atoms with Crippen LogP contribution in [-0.2, 0) is 17.8 Å². The van der Waals surface area contributed by atoms with Crippen molar-refractivity contribution < 1.29 is 18.6 Å². The molecule has 0 saturated heterocycles. The first-order chi connectivity index (χ1) is 11.6. The second-order valence-corrected chi connectivity index (χ2v) is 4.92. The van der Waals surface area contributed by atoms with Gasteiger partial charge < -0.3 is 19.1 Å². The fourth-order valence-electron chi connectivity index (χ4n) is 1.98. The van der Waals surface area contributed by atoms with Gasteiger partial charge in [0.15, 0.2) is 5.82 Å². The summed E-state index contributed by atoms with van der Waals surface area (Å²) in [6.45, 7) is 1.78. The molecular formula is C15H15N5O4. The first kappa shape index (κ1) is 15.7. The number of rotatable bonds is 6. The highest BCUT2D eigenvalue weighted by Crippen LogP contribution is 2.19. The Bertz CT molecular complexity index is 825. The first-order valence-corrected chi connectivity index (χ1v) is 7.17. The molecule has 9 nitrogen and oxygen atoms in total. The zero-order chi connectivity index (χ0) is 16.9. The number of benzene rings is 1. The number of methoxy groups -OCH3 is 1. The van der Waals surface area contributed by atoms with Crippen LogP contribution in [0, 0.1) is 6.92 Å². The highest BCUT2D eigenvalue weighted by molar-refractivity contribution is 5.77. The van der Waals surface area contributed by atoms with Gasteiger partial charge in [-0.25, -0.2) is 0 Å². The summed E-state index contributed by atoms with van der Waals surface area (Å²) in [6, 6.07) is 7.26. The molecule has 2 heterocycles. The molecule has 9 heteroatoms. The van der Waals surface area contributed by atoms with Crippen molar-refractivity contribution in [1.82, 2.24) is 25.6 Å². The van der Waals surface area contributed by atoms with Crippen LogP contribution in [0.15, 0.2) is 33.3 Å². The third-order valence-corrected chi connectivity index (χ3v) is 3.14. The van der Waals surface area contributed by atoms with Crippen LogP contribution in [0.25, 0.3) is 11.4 Å². The number of carbonyl (C=O) groups excluding carboxylic acids is 1. The fraction of sp³-hybridized carbons (Fsp3) is 0.267. The number of carbonyl (C=O) groups is 1. The van der Waals surface area contributed by atoms with E-state index in [1.165, 1.54) is 0 Å². The maximum atomic E-state index is 11.8. The molecule has 0 atom stereocenters. The van der Waals surface area contributed by atoms with Crippen molar-refractivity contribution in [3.63, 3.8) is 0 Å². The highest BCUT2D eigenvalue weighted by Gasteiger charge is 2.12. The van der Waals surface area contributed by atoms with Crippen molar-refractivity contribution in [2.45, 2.75) is 19.9 Å². The van der Waals surface area contributed by atoms with Gasteiger partial charge in [-0.05, 0) is 24.3 Å². The Morgan fingerprint density at radius 3 is 2.62 bits per heavy atom. The Morgan fingerprint density at radius 2 is 1.96 bits per heavy atom. The van der Waals surface area contributed by atoms with Crippen LogP contribution in [0.2, 0.25) is 0 Å². The van der Waals surface area contributed by atoms with Gasteiger partial charge in [0, 0.05) is 12.5 Å². The number of nitrogens with zero attached hydrogens (tertiary/aromatic N) is 4. The third kappa shape index (κ3) is 3.75. The molecule has 0 aliphatic carbocycles. The van der Waals surface area contributed by atoms with E-state index in [1.54, 1.807) is 26.2 Å². The SMILES string of the molecule is COc1ccc(-c2noc(CNC(=O)Cc3noc(C)n3)n2)cc1. The second kappa shape index (κ2) is 6.90. The van der Waals surface area contributed by atoms with Crippen molar-refractivity contribution in [2.24, 2.45) is 0 Å². The summed E-state index contributed by atoms with van der Waals surface area (Å²) in [6.07, 6.45) is 0.0246. The fourth-order valence-corrected chi connectivity index (χ4v) is 1.98. The summed E-state index contributed by atoms with van der Waals surface area (Å²) in [4.78, 5) is 20.0. The maximum absolute atomic E-state index is 11.8. The quantitative estimate of drug-likeness (QED) is 0.719. The number of hydrogen-bond donors (Lipinski definition) is 1. The molecule has 3 aromatic rings. The van der Waals surface area contributed by atoms with Crippen molar-refractivity contribution in [1.29, 1.82) is 0 Å². The van der Waals surface area contributed by atoms with E-state index in [0.29, 0.717) is 23.4 Å². The van der Waals surface area contributed by atoms with Crippen LogP contribution < -0.4 is 10.1 Å². The zero-order valence-electron chi connectivity index (χ0n) is 13.1. The van der Waals surface area contributed by atoms with Crippen LogP contribution >= 0.6 is 0 Å². The van der Waals surface area contributed by atoms with E-state index in [2.05, 4.69) is 25.6 Å². The molecule has 2 aromatic heterocycles. The average Bonchev–Trinajstić information content (AvgIpc) is 3.22. The predicted molar refractivity (Wildman–Crippen MR) is 80.9 cm³/mol. The third-order valence-electron chi connectivity index (χ3n) is 3.14. The number of amides is 1. The molecule has 1 amide bonds. The predicted octanol–water partition coefficient (Wildman–Crippen LogP) is 1.30. The Balaban J connectivity index is 1.56. The lowest BCUT2D eigenvalue weighted by Crippen LogP contribution is -2.25.